The highest BCUT2D eigenvalue weighted by Crippen LogP contribution is 2.41. The van der Waals surface area contributed by atoms with Crippen LogP contribution in [0, 0.1) is 11.8 Å². The summed E-state index contributed by atoms with van der Waals surface area (Å²) in [5, 5.41) is 3.81. The number of nitrogens with zero attached hydrogens (tertiary/aromatic N) is 1. The van der Waals surface area contributed by atoms with Gasteiger partial charge < -0.3 is 10.2 Å². The van der Waals surface area contributed by atoms with Crippen LogP contribution in [0.25, 0.3) is 0 Å². The molecule has 2 nitrogen and oxygen atoms in total. The Morgan fingerprint density at radius 1 is 1.47 bits per heavy atom. The van der Waals surface area contributed by atoms with Crippen molar-refractivity contribution in [3.63, 3.8) is 0 Å². The zero-order chi connectivity index (χ0) is 11.1. The van der Waals surface area contributed by atoms with E-state index < -0.39 is 0 Å². The Morgan fingerprint density at radius 2 is 2.13 bits per heavy atom. The van der Waals surface area contributed by atoms with Crippen molar-refractivity contribution >= 4 is 0 Å². The number of hydrogen-bond acceptors (Lipinski definition) is 2. The van der Waals surface area contributed by atoms with E-state index in [1.165, 1.54) is 32.4 Å². The zero-order valence-electron chi connectivity index (χ0n) is 10.7. The molecule has 2 fully saturated rings. The highest BCUT2D eigenvalue weighted by Gasteiger charge is 2.45. The van der Waals surface area contributed by atoms with Crippen LogP contribution in [0.3, 0.4) is 0 Å². The van der Waals surface area contributed by atoms with Gasteiger partial charge in [-0.3, -0.25) is 0 Å². The Hall–Kier alpha value is -0.0800. The summed E-state index contributed by atoms with van der Waals surface area (Å²) in [5.41, 5.74) is 0.401. The quantitative estimate of drug-likeness (QED) is 0.767. The predicted molar refractivity (Wildman–Crippen MR) is 65.0 cm³/mol. The molecule has 1 saturated heterocycles. The molecule has 0 bridgehead atoms. The van der Waals surface area contributed by atoms with Crippen molar-refractivity contribution in [3.8, 4) is 0 Å². The van der Waals surface area contributed by atoms with E-state index in [0.29, 0.717) is 5.54 Å². The number of nitrogens with one attached hydrogen (secondary N) is 1. The Bertz CT molecular complexity index is 225. The first kappa shape index (κ1) is 11.4. The molecule has 1 heterocycles. The summed E-state index contributed by atoms with van der Waals surface area (Å²) in [6.07, 6.45) is 4.16. The average Bonchev–Trinajstić information content (AvgIpc) is 3.00. The fourth-order valence-corrected chi connectivity index (χ4v) is 3.09. The molecule has 88 valence electrons. The van der Waals surface area contributed by atoms with Crippen LogP contribution in [0.4, 0.5) is 0 Å². The van der Waals surface area contributed by atoms with Crippen molar-refractivity contribution in [3.05, 3.63) is 0 Å². The van der Waals surface area contributed by atoms with Crippen molar-refractivity contribution in [1.82, 2.24) is 10.2 Å². The minimum atomic E-state index is 0.401. The van der Waals surface area contributed by atoms with Gasteiger partial charge in [-0.2, -0.15) is 0 Å². The first-order valence-corrected chi connectivity index (χ1v) is 6.52. The summed E-state index contributed by atoms with van der Waals surface area (Å²) in [7, 11) is 2.30. The molecule has 1 N–H and O–H groups in total. The summed E-state index contributed by atoms with van der Waals surface area (Å²) < 4.78 is 0. The monoisotopic (exact) mass is 210 g/mol. The lowest BCUT2D eigenvalue weighted by molar-refractivity contribution is 0.0695. The van der Waals surface area contributed by atoms with Gasteiger partial charge in [-0.15, -0.1) is 0 Å². The fourth-order valence-electron chi connectivity index (χ4n) is 3.09. The normalized spacial score (nSPS) is 40.4. The third kappa shape index (κ3) is 2.21. The molecule has 2 aliphatic rings. The number of rotatable bonds is 3. The van der Waals surface area contributed by atoms with Gasteiger partial charge in [-0.25, -0.2) is 0 Å². The molecule has 3 unspecified atom stereocenters. The van der Waals surface area contributed by atoms with Crippen molar-refractivity contribution in [2.75, 3.05) is 20.1 Å². The van der Waals surface area contributed by atoms with E-state index in [-0.39, 0.29) is 0 Å². The molecule has 1 aliphatic heterocycles. The van der Waals surface area contributed by atoms with E-state index >= 15 is 0 Å². The van der Waals surface area contributed by atoms with Gasteiger partial charge in [0.2, 0.25) is 0 Å². The zero-order valence-corrected chi connectivity index (χ0v) is 10.7. The minimum absolute atomic E-state index is 0.401. The van der Waals surface area contributed by atoms with E-state index in [0.717, 1.165) is 17.9 Å². The van der Waals surface area contributed by atoms with Crippen LogP contribution in [0.5, 0.6) is 0 Å². The summed E-state index contributed by atoms with van der Waals surface area (Å²) in [6.45, 7) is 9.50. The fraction of sp³-hybridized carbons (Fsp3) is 1.00. The van der Waals surface area contributed by atoms with Gasteiger partial charge in [-0.05, 0) is 38.6 Å². The average molecular weight is 210 g/mol. The lowest BCUT2D eigenvalue weighted by Crippen LogP contribution is -2.64. The van der Waals surface area contributed by atoms with Gasteiger partial charge in [0.25, 0.3) is 0 Å². The van der Waals surface area contributed by atoms with Crippen LogP contribution in [-0.2, 0) is 0 Å². The minimum Gasteiger partial charge on any atom is -0.308 e. The van der Waals surface area contributed by atoms with Gasteiger partial charge in [0.05, 0.1) is 0 Å². The van der Waals surface area contributed by atoms with Crippen LogP contribution >= 0.6 is 0 Å². The SMILES string of the molecule is CCC(C)C1CNC(C)(C2CC2)CN1C. The van der Waals surface area contributed by atoms with Crippen molar-refractivity contribution < 1.29 is 0 Å². The largest absolute Gasteiger partial charge is 0.308 e. The lowest BCUT2D eigenvalue weighted by Gasteiger charge is -2.47. The Morgan fingerprint density at radius 3 is 2.60 bits per heavy atom. The third-order valence-corrected chi connectivity index (χ3v) is 4.64. The second kappa shape index (κ2) is 4.06. The highest BCUT2D eigenvalue weighted by molar-refractivity contribution is 5.03. The van der Waals surface area contributed by atoms with Gasteiger partial charge in [0, 0.05) is 24.7 Å². The van der Waals surface area contributed by atoms with Crippen LogP contribution in [0.15, 0.2) is 0 Å². The smallest absolute Gasteiger partial charge is 0.0309 e. The molecule has 2 rings (SSSR count). The topological polar surface area (TPSA) is 15.3 Å². The third-order valence-electron chi connectivity index (χ3n) is 4.64. The summed E-state index contributed by atoms with van der Waals surface area (Å²) >= 11 is 0. The maximum atomic E-state index is 3.81. The highest BCUT2D eigenvalue weighted by atomic mass is 15.2. The number of hydrogen-bond donors (Lipinski definition) is 1. The van der Waals surface area contributed by atoms with E-state index in [2.05, 4.69) is 38.0 Å². The Balaban J connectivity index is 1.96. The van der Waals surface area contributed by atoms with Gasteiger partial charge in [-0.1, -0.05) is 20.3 Å². The summed E-state index contributed by atoms with van der Waals surface area (Å²) in [4.78, 5) is 2.59. The molecule has 0 spiro atoms. The van der Waals surface area contributed by atoms with Crippen molar-refractivity contribution in [1.29, 1.82) is 0 Å². The second-order valence-corrected chi connectivity index (χ2v) is 5.94. The maximum absolute atomic E-state index is 3.81. The number of piperazine rings is 1. The number of likely N-dealkylation sites (N-methyl/N-ethyl adjacent to an activating group) is 1. The molecule has 0 aromatic rings. The molecule has 3 atom stereocenters. The van der Waals surface area contributed by atoms with Crippen LogP contribution < -0.4 is 5.32 Å². The van der Waals surface area contributed by atoms with Crippen LogP contribution in [-0.4, -0.2) is 36.6 Å². The molecule has 0 aromatic heterocycles. The molecular formula is C13H26N2. The van der Waals surface area contributed by atoms with Crippen LogP contribution in [0.2, 0.25) is 0 Å². The Kier molecular flexibility index (Phi) is 3.09. The van der Waals surface area contributed by atoms with Crippen molar-refractivity contribution in [2.45, 2.75) is 51.6 Å². The van der Waals surface area contributed by atoms with E-state index in [1.807, 2.05) is 0 Å². The maximum Gasteiger partial charge on any atom is 0.0309 e. The first-order chi connectivity index (χ1) is 7.07. The summed E-state index contributed by atoms with van der Waals surface area (Å²) in [6, 6.07) is 0.738. The van der Waals surface area contributed by atoms with E-state index in [1.54, 1.807) is 0 Å². The van der Waals surface area contributed by atoms with Crippen LogP contribution in [0.1, 0.15) is 40.0 Å². The predicted octanol–water partition coefficient (Wildman–Crippen LogP) is 2.10. The van der Waals surface area contributed by atoms with E-state index in [4.69, 9.17) is 0 Å². The van der Waals surface area contributed by atoms with Gasteiger partial charge in [0.15, 0.2) is 0 Å². The van der Waals surface area contributed by atoms with Gasteiger partial charge in [0.1, 0.15) is 0 Å². The molecule has 1 aliphatic carbocycles. The lowest BCUT2D eigenvalue weighted by atomic mass is 9.87. The first-order valence-electron chi connectivity index (χ1n) is 6.52. The summed E-state index contributed by atoms with van der Waals surface area (Å²) in [5.74, 6) is 1.75. The Labute approximate surface area is 94.4 Å². The molecule has 2 heteroatoms. The molecule has 0 aromatic carbocycles. The molecule has 1 saturated carbocycles. The molecule has 15 heavy (non-hydrogen) atoms. The van der Waals surface area contributed by atoms with Gasteiger partial charge >= 0.3 is 0 Å². The van der Waals surface area contributed by atoms with Crippen molar-refractivity contribution in [2.24, 2.45) is 11.8 Å². The standard InChI is InChI=1S/C13H26N2/c1-5-10(2)12-8-14-13(3,9-15(12)4)11-6-7-11/h10-12,14H,5-9H2,1-4H3. The molecule has 0 radical (unpaired) electrons. The second-order valence-electron chi connectivity index (χ2n) is 5.94. The molecule has 0 amide bonds. The van der Waals surface area contributed by atoms with E-state index in [9.17, 15) is 0 Å². The molecular weight excluding hydrogens is 184 g/mol.